The Kier molecular flexibility index (Phi) is 6.41. The molecule has 0 N–H and O–H groups in total. The van der Waals surface area contributed by atoms with Crippen LogP contribution in [-0.4, -0.2) is 13.8 Å². The summed E-state index contributed by atoms with van der Waals surface area (Å²) in [6.45, 7) is 2.10. The van der Waals surface area contributed by atoms with Crippen molar-refractivity contribution in [2.75, 3.05) is 7.11 Å². The summed E-state index contributed by atoms with van der Waals surface area (Å²) in [4.78, 5) is 0. The van der Waals surface area contributed by atoms with E-state index in [0.29, 0.717) is 0 Å². The van der Waals surface area contributed by atoms with Crippen LogP contribution in [0.1, 0.15) is 5.56 Å². The van der Waals surface area contributed by atoms with Gasteiger partial charge in [0.1, 0.15) is 17.2 Å². The Bertz CT molecular complexity index is 1860. The second kappa shape index (κ2) is 10.5. The fraction of sp³-hybridized carbons (Fsp3) is 0.0526. The van der Waals surface area contributed by atoms with Gasteiger partial charge in [0.25, 0.3) is 6.71 Å². The molecule has 0 spiro atoms. The van der Waals surface area contributed by atoms with Crippen LogP contribution in [0.25, 0.3) is 33.4 Å². The number of rotatable bonds is 5. The number of fused-ring (bicyclic) bond motifs is 2. The normalized spacial score (nSPS) is 11.8. The largest absolute Gasteiger partial charge is 0.497 e. The van der Waals surface area contributed by atoms with Crippen molar-refractivity contribution in [3.05, 3.63) is 145 Å². The van der Waals surface area contributed by atoms with Crippen molar-refractivity contribution in [1.82, 2.24) is 0 Å². The molecule has 196 valence electrons. The molecular weight excluding hydrogens is 499 g/mol. The van der Waals surface area contributed by atoms with Crippen LogP contribution < -0.4 is 25.9 Å². The summed E-state index contributed by atoms with van der Waals surface area (Å²) in [5, 5.41) is 0. The van der Waals surface area contributed by atoms with E-state index in [9.17, 15) is 0 Å². The van der Waals surface area contributed by atoms with Gasteiger partial charge in [-0.25, -0.2) is 0 Å². The first kappa shape index (κ1) is 25.0. The molecule has 7 rings (SSSR count). The molecule has 1 aliphatic rings. The Morgan fingerprint density at radius 2 is 1.10 bits per heavy atom. The zero-order valence-corrected chi connectivity index (χ0v) is 23.2. The summed E-state index contributed by atoms with van der Waals surface area (Å²) in [7, 11) is 1.76. The van der Waals surface area contributed by atoms with Crippen LogP contribution in [0.2, 0.25) is 0 Å². The van der Waals surface area contributed by atoms with E-state index in [1.54, 1.807) is 7.11 Å². The zero-order chi connectivity index (χ0) is 27.8. The first-order chi connectivity index (χ1) is 20.2. The number of hydrogen-bond acceptors (Lipinski definition) is 2. The SMILES string of the molecule is COc1cc(-c2ccccc2C)ccc1B1c2ccc(-c3ccccc3)cc2Oc2ccc(-c3ccccc3)cc21. The molecule has 0 amide bonds. The minimum Gasteiger partial charge on any atom is -0.497 e. The van der Waals surface area contributed by atoms with E-state index >= 15 is 0 Å². The second-order valence-electron chi connectivity index (χ2n) is 10.5. The Morgan fingerprint density at radius 3 is 1.80 bits per heavy atom. The molecule has 0 saturated heterocycles. The molecule has 0 aliphatic carbocycles. The molecule has 41 heavy (non-hydrogen) atoms. The van der Waals surface area contributed by atoms with E-state index in [1.165, 1.54) is 22.3 Å². The molecule has 1 heterocycles. The van der Waals surface area contributed by atoms with Gasteiger partial charge < -0.3 is 9.47 Å². The summed E-state index contributed by atoms with van der Waals surface area (Å²) in [5.41, 5.74) is 11.6. The van der Waals surface area contributed by atoms with E-state index in [4.69, 9.17) is 9.47 Å². The quantitative estimate of drug-likeness (QED) is 0.214. The highest BCUT2D eigenvalue weighted by Crippen LogP contribution is 2.33. The van der Waals surface area contributed by atoms with Crippen molar-refractivity contribution >= 4 is 23.1 Å². The molecule has 0 bridgehead atoms. The van der Waals surface area contributed by atoms with Crippen molar-refractivity contribution in [2.24, 2.45) is 0 Å². The molecule has 0 atom stereocenters. The fourth-order valence-electron chi connectivity index (χ4n) is 5.98. The molecule has 2 nitrogen and oxygen atoms in total. The number of benzene rings is 6. The number of ether oxygens (including phenoxy) is 2. The van der Waals surface area contributed by atoms with Crippen LogP contribution in [0.5, 0.6) is 17.2 Å². The molecule has 0 aromatic heterocycles. The predicted molar refractivity (Wildman–Crippen MR) is 172 cm³/mol. The van der Waals surface area contributed by atoms with Crippen LogP contribution in [0, 0.1) is 6.92 Å². The maximum Gasteiger partial charge on any atom is 0.255 e. The van der Waals surface area contributed by atoms with Gasteiger partial charge >= 0.3 is 0 Å². The van der Waals surface area contributed by atoms with Crippen molar-refractivity contribution < 1.29 is 9.47 Å². The van der Waals surface area contributed by atoms with Gasteiger partial charge in [-0.3, -0.25) is 0 Å². The maximum atomic E-state index is 6.62. The minimum atomic E-state index is -0.0527. The van der Waals surface area contributed by atoms with Crippen LogP contribution in [0.4, 0.5) is 0 Å². The zero-order valence-electron chi connectivity index (χ0n) is 23.2. The molecule has 3 heteroatoms. The maximum absolute atomic E-state index is 6.62. The Morgan fingerprint density at radius 1 is 0.488 bits per heavy atom. The Hall–Kier alpha value is -5.02. The first-order valence-corrected chi connectivity index (χ1v) is 14.0. The molecule has 1 aliphatic heterocycles. The summed E-state index contributed by atoms with van der Waals surface area (Å²) in [5.74, 6) is 2.62. The van der Waals surface area contributed by atoms with Gasteiger partial charge in [-0.2, -0.15) is 0 Å². The lowest BCUT2D eigenvalue weighted by Crippen LogP contribution is -2.55. The lowest BCUT2D eigenvalue weighted by Gasteiger charge is -2.29. The van der Waals surface area contributed by atoms with E-state index in [1.807, 2.05) is 6.07 Å². The van der Waals surface area contributed by atoms with Crippen LogP contribution >= 0.6 is 0 Å². The standard InChI is InChI=1S/C38H29BO2/c1-26-11-9-10-16-32(26)31-18-21-33(37(25-31)40-2)39-34-20-17-30(28-14-7-4-8-15-28)24-38(34)41-36-22-19-29(23-35(36)39)27-12-5-3-6-13-27/h3-25H,1-2H3. The Balaban J connectivity index is 1.41. The average Bonchev–Trinajstić information content (AvgIpc) is 3.04. The highest BCUT2D eigenvalue weighted by molar-refractivity contribution is 6.97. The monoisotopic (exact) mass is 528 g/mol. The third kappa shape index (κ3) is 4.60. The lowest BCUT2D eigenvalue weighted by molar-refractivity contribution is 0.418. The van der Waals surface area contributed by atoms with Gasteiger partial charge in [-0.1, -0.05) is 121 Å². The van der Waals surface area contributed by atoms with Gasteiger partial charge in [0.2, 0.25) is 0 Å². The van der Waals surface area contributed by atoms with E-state index in [0.717, 1.165) is 50.3 Å². The average molecular weight is 528 g/mol. The molecule has 6 aromatic rings. The van der Waals surface area contributed by atoms with Crippen molar-refractivity contribution in [3.63, 3.8) is 0 Å². The fourth-order valence-corrected chi connectivity index (χ4v) is 5.98. The van der Waals surface area contributed by atoms with Crippen LogP contribution in [0.3, 0.4) is 0 Å². The first-order valence-electron chi connectivity index (χ1n) is 14.0. The second-order valence-corrected chi connectivity index (χ2v) is 10.5. The smallest absolute Gasteiger partial charge is 0.255 e. The lowest BCUT2D eigenvalue weighted by atomic mass is 9.35. The topological polar surface area (TPSA) is 18.5 Å². The predicted octanol–water partition coefficient (Wildman–Crippen LogP) is 7.63. The summed E-state index contributed by atoms with van der Waals surface area (Å²) in [6, 6.07) is 49.2. The number of aryl methyl sites for hydroxylation is 1. The summed E-state index contributed by atoms with van der Waals surface area (Å²) >= 11 is 0. The molecule has 6 aromatic carbocycles. The van der Waals surface area contributed by atoms with Crippen LogP contribution in [-0.2, 0) is 0 Å². The Labute approximate surface area is 241 Å². The van der Waals surface area contributed by atoms with Crippen molar-refractivity contribution in [1.29, 1.82) is 0 Å². The van der Waals surface area contributed by atoms with Gasteiger partial charge in [0.05, 0.1) is 7.11 Å². The minimum absolute atomic E-state index is 0.0527. The molecule has 0 radical (unpaired) electrons. The van der Waals surface area contributed by atoms with Crippen molar-refractivity contribution in [2.45, 2.75) is 6.92 Å². The van der Waals surface area contributed by atoms with Gasteiger partial charge in [0.15, 0.2) is 0 Å². The van der Waals surface area contributed by atoms with Gasteiger partial charge in [0, 0.05) is 0 Å². The van der Waals surface area contributed by atoms with Gasteiger partial charge in [-0.15, -0.1) is 0 Å². The van der Waals surface area contributed by atoms with Crippen LogP contribution in [0.15, 0.2) is 140 Å². The molecule has 0 fully saturated rings. The van der Waals surface area contributed by atoms with Crippen molar-refractivity contribution in [3.8, 4) is 50.6 Å². The number of methoxy groups -OCH3 is 1. The third-order valence-electron chi connectivity index (χ3n) is 8.08. The molecular formula is C38H29BO2. The molecule has 0 saturated carbocycles. The highest BCUT2D eigenvalue weighted by atomic mass is 16.5. The summed E-state index contributed by atoms with van der Waals surface area (Å²) in [6.07, 6.45) is 0. The van der Waals surface area contributed by atoms with E-state index < -0.39 is 0 Å². The highest BCUT2D eigenvalue weighted by Gasteiger charge is 2.35. The third-order valence-corrected chi connectivity index (χ3v) is 8.08. The number of hydrogen-bond donors (Lipinski definition) is 0. The summed E-state index contributed by atoms with van der Waals surface area (Å²) < 4.78 is 12.7. The van der Waals surface area contributed by atoms with E-state index in [2.05, 4.69) is 140 Å². The van der Waals surface area contributed by atoms with Gasteiger partial charge in [-0.05, 0) is 80.5 Å². The van der Waals surface area contributed by atoms with E-state index in [-0.39, 0.29) is 6.71 Å². The molecule has 0 unspecified atom stereocenters.